The van der Waals surface area contributed by atoms with Crippen LogP contribution in [0.5, 0.6) is 0 Å². The van der Waals surface area contributed by atoms with Gasteiger partial charge in [-0.3, -0.25) is 11.3 Å². The van der Waals surface area contributed by atoms with Crippen molar-refractivity contribution in [1.82, 2.24) is 5.43 Å². The number of allylic oxidation sites excluding steroid dienone is 1. The van der Waals surface area contributed by atoms with E-state index in [1.807, 2.05) is 0 Å². The van der Waals surface area contributed by atoms with E-state index in [1.165, 1.54) is 25.7 Å². The number of hydrogen-bond donors (Lipinski definition) is 2. The third-order valence-corrected chi connectivity index (χ3v) is 5.37. The van der Waals surface area contributed by atoms with Gasteiger partial charge in [-0.2, -0.15) is 0 Å². The van der Waals surface area contributed by atoms with Gasteiger partial charge in [-0.05, 0) is 42.4 Å². The Bertz CT molecular complexity index is 288. The fourth-order valence-corrected chi connectivity index (χ4v) is 3.64. The summed E-state index contributed by atoms with van der Waals surface area (Å²) in [6.45, 7) is 9.47. The molecule has 1 saturated carbocycles. The average molecular weight is 222 g/mol. The Morgan fingerprint density at radius 1 is 1.25 bits per heavy atom. The highest BCUT2D eigenvalue weighted by Crippen LogP contribution is 2.70. The highest BCUT2D eigenvalue weighted by atomic mass is 15.2. The van der Waals surface area contributed by atoms with Crippen LogP contribution in [0, 0.1) is 16.7 Å². The van der Waals surface area contributed by atoms with Gasteiger partial charge in [-0.1, -0.05) is 39.3 Å². The van der Waals surface area contributed by atoms with Crippen LogP contribution < -0.4 is 11.3 Å². The van der Waals surface area contributed by atoms with Gasteiger partial charge in [0.1, 0.15) is 0 Å². The molecular weight excluding hydrogens is 196 g/mol. The standard InChI is InChI=1S/C14H26N2/c1-13(2)12(14(13,3)4)11(16-15)10-8-6-5-7-9-10/h8,11-12,16H,5-7,9,15H2,1-4H3. The molecule has 1 atom stereocenters. The summed E-state index contributed by atoms with van der Waals surface area (Å²) in [6.07, 6.45) is 7.56. The SMILES string of the molecule is CC1(C)C(C(NN)C2=CCCCC2)C1(C)C. The van der Waals surface area contributed by atoms with Gasteiger partial charge in [0.05, 0.1) is 0 Å². The summed E-state index contributed by atoms with van der Waals surface area (Å²) in [5, 5.41) is 0. The first-order valence-corrected chi connectivity index (χ1v) is 6.58. The van der Waals surface area contributed by atoms with E-state index in [0.29, 0.717) is 22.8 Å². The van der Waals surface area contributed by atoms with Gasteiger partial charge in [0.25, 0.3) is 0 Å². The Labute approximate surface area is 99.6 Å². The Morgan fingerprint density at radius 3 is 2.25 bits per heavy atom. The van der Waals surface area contributed by atoms with Crippen molar-refractivity contribution < 1.29 is 0 Å². The summed E-state index contributed by atoms with van der Waals surface area (Å²) < 4.78 is 0. The Kier molecular flexibility index (Phi) is 2.92. The molecular formula is C14H26N2. The third kappa shape index (κ3) is 1.63. The molecule has 0 heterocycles. The van der Waals surface area contributed by atoms with Crippen LogP contribution in [0.15, 0.2) is 11.6 Å². The molecule has 92 valence electrons. The summed E-state index contributed by atoms with van der Waals surface area (Å²) in [7, 11) is 0. The van der Waals surface area contributed by atoms with Crippen molar-refractivity contribution >= 4 is 0 Å². The molecule has 2 aliphatic rings. The first-order valence-electron chi connectivity index (χ1n) is 6.58. The van der Waals surface area contributed by atoms with Crippen molar-refractivity contribution in [3.63, 3.8) is 0 Å². The molecule has 0 aromatic heterocycles. The summed E-state index contributed by atoms with van der Waals surface area (Å²) in [5.74, 6) is 6.47. The van der Waals surface area contributed by atoms with Gasteiger partial charge in [0.2, 0.25) is 0 Å². The van der Waals surface area contributed by atoms with Crippen LogP contribution in [-0.2, 0) is 0 Å². The van der Waals surface area contributed by atoms with Crippen LogP contribution in [0.3, 0.4) is 0 Å². The monoisotopic (exact) mass is 222 g/mol. The van der Waals surface area contributed by atoms with Crippen molar-refractivity contribution in [3.05, 3.63) is 11.6 Å². The molecule has 2 aliphatic carbocycles. The summed E-state index contributed by atoms with van der Waals surface area (Å²) in [5.41, 5.74) is 5.44. The maximum absolute atomic E-state index is 5.80. The molecule has 0 aromatic carbocycles. The van der Waals surface area contributed by atoms with Crippen molar-refractivity contribution in [2.24, 2.45) is 22.6 Å². The lowest BCUT2D eigenvalue weighted by molar-refractivity contribution is 0.431. The van der Waals surface area contributed by atoms with Gasteiger partial charge in [-0.15, -0.1) is 0 Å². The fourth-order valence-electron chi connectivity index (χ4n) is 3.64. The molecule has 0 aliphatic heterocycles. The lowest BCUT2D eigenvalue weighted by atomic mass is 9.89. The van der Waals surface area contributed by atoms with E-state index >= 15 is 0 Å². The van der Waals surface area contributed by atoms with Gasteiger partial charge >= 0.3 is 0 Å². The first-order chi connectivity index (χ1) is 7.43. The minimum absolute atomic E-state index is 0.394. The average Bonchev–Trinajstić information content (AvgIpc) is 2.64. The zero-order chi connectivity index (χ0) is 12.0. The molecule has 0 saturated heterocycles. The first kappa shape index (κ1) is 12.1. The number of nitrogens with two attached hydrogens (primary N) is 1. The lowest BCUT2D eigenvalue weighted by Gasteiger charge is -2.24. The fraction of sp³-hybridized carbons (Fsp3) is 0.857. The predicted octanol–water partition coefficient (Wildman–Crippen LogP) is 3.00. The van der Waals surface area contributed by atoms with Gasteiger partial charge in [-0.25, -0.2) is 0 Å². The zero-order valence-electron chi connectivity index (χ0n) is 11.1. The van der Waals surface area contributed by atoms with Crippen molar-refractivity contribution in [3.8, 4) is 0 Å². The van der Waals surface area contributed by atoms with Crippen molar-refractivity contribution in [2.75, 3.05) is 0 Å². The minimum Gasteiger partial charge on any atom is -0.271 e. The molecule has 0 bridgehead atoms. The Balaban J connectivity index is 2.16. The van der Waals surface area contributed by atoms with E-state index in [-0.39, 0.29) is 0 Å². The molecule has 1 unspecified atom stereocenters. The van der Waals surface area contributed by atoms with E-state index in [1.54, 1.807) is 5.57 Å². The van der Waals surface area contributed by atoms with E-state index < -0.39 is 0 Å². The van der Waals surface area contributed by atoms with Crippen LogP contribution in [0.25, 0.3) is 0 Å². The van der Waals surface area contributed by atoms with Crippen molar-refractivity contribution in [2.45, 2.75) is 59.4 Å². The lowest BCUT2D eigenvalue weighted by Crippen LogP contribution is -2.40. The van der Waals surface area contributed by atoms with Crippen LogP contribution >= 0.6 is 0 Å². The minimum atomic E-state index is 0.394. The zero-order valence-corrected chi connectivity index (χ0v) is 11.1. The Hall–Kier alpha value is -0.340. The second-order valence-electron chi connectivity index (χ2n) is 6.59. The van der Waals surface area contributed by atoms with Crippen LogP contribution in [-0.4, -0.2) is 6.04 Å². The summed E-state index contributed by atoms with van der Waals surface area (Å²) in [6, 6.07) is 0.394. The van der Waals surface area contributed by atoms with E-state index in [2.05, 4.69) is 39.2 Å². The number of hydrazine groups is 1. The molecule has 16 heavy (non-hydrogen) atoms. The quantitative estimate of drug-likeness (QED) is 0.437. The molecule has 2 heteroatoms. The molecule has 3 N–H and O–H groups in total. The highest BCUT2D eigenvalue weighted by Gasteiger charge is 2.67. The van der Waals surface area contributed by atoms with E-state index in [4.69, 9.17) is 5.84 Å². The number of nitrogens with one attached hydrogen (secondary N) is 1. The van der Waals surface area contributed by atoms with Crippen LogP contribution in [0.2, 0.25) is 0 Å². The molecule has 2 nitrogen and oxygen atoms in total. The number of rotatable bonds is 3. The Morgan fingerprint density at radius 2 is 1.88 bits per heavy atom. The maximum atomic E-state index is 5.80. The van der Waals surface area contributed by atoms with Gasteiger partial charge in [0.15, 0.2) is 0 Å². The van der Waals surface area contributed by atoms with Gasteiger partial charge in [0, 0.05) is 6.04 Å². The molecule has 0 radical (unpaired) electrons. The topological polar surface area (TPSA) is 38.0 Å². The number of hydrogen-bond acceptors (Lipinski definition) is 2. The van der Waals surface area contributed by atoms with E-state index in [0.717, 1.165) is 0 Å². The normalized spacial score (nSPS) is 29.7. The maximum Gasteiger partial charge on any atom is 0.0458 e. The predicted molar refractivity (Wildman–Crippen MR) is 68.7 cm³/mol. The molecule has 1 fully saturated rings. The summed E-state index contributed by atoms with van der Waals surface area (Å²) in [4.78, 5) is 0. The molecule has 0 amide bonds. The van der Waals surface area contributed by atoms with Gasteiger partial charge < -0.3 is 0 Å². The highest BCUT2D eigenvalue weighted by molar-refractivity contribution is 5.26. The molecule has 0 aromatic rings. The summed E-state index contributed by atoms with van der Waals surface area (Å²) >= 11 is 0. The van der Waals surface area contributed by atoms with E-state index in [9.17, 15) is 0 Å². The molecule has 0 spiro atoms. The van der Waals surface area contributed by atoms with Crippen LogP contribution in [0.1, 0.15) is 53.4 Å². The second kappa shape index (κ2) is 3.85. The van der Waals surface area contributed by atoms with Crippen LogP contribution in [0.4, 0.5) is 0 Å². The van der Waals surface area contributed by atoms with Crippen molar-refractivity contribution in [1.29, 1.82) is 0 Å². The second-order valence-corrected chi connectivity index (χ2v) is 6.59. The molecule has 2 rings (SSSR count). The third-order valence-electron chi connectivity index (χ3n) is 5.37. The largest absolute Gasteiger partial charge is 0.271 e. The smallest absolute Gasteiger partial charge is 0.0458 e.